The van der Waals surface area contributed by atoms with Gasteiger partial charge in [0.25, 0.3) is 0 Å². The van der Waals surface area contributed by atoms with E-state index < -0.39 is 32.0 Å². The van der Waals surface area contributed by atoms with Crippen LogP contribution in [0.1, 0.15) is 62.3 Å². The maximum Gasteiger partial charge on any atom is 0.408 e. The number of aliphatic carboxylic acids is 1. The van der Waals surface area contributed by atoms with E-state index in [1.807, 2.05) is 0 Å². The lowest BCUT2D eigenvalue weighted by molar-refractivity contribution is -0.140. The summed E-state index contributed by atoms with van der Waals surface area (Å²) in [7, 11) is -2.19. The van der Waals surface area contributed by atoms with E-state index in [1.165, 1.54) is 0 Å². The number of nitrogens with one attached hydrogen (secondary N) is 1. The summed E-state index contributed by atoms with van der Waals surface area (Å²) in [6.07, 6.45) is -0.746. The molecule has 0 saturated carbocycles. The van der Waals surface area contributed by atoms with Gasteiger partial charge < -0.3 is 19.6 Å². The standard InChI is InChI=1S/C17H35NO5Si/c1-11(2)24(12(3)4,13(5)6)22-10-14(15(19)20)18-16(21)23-17(7,8)9/h11-14H,10H2,1-9H3,(H,18,21)(H,19,20). The van der Waals surface area contributed by atoms with Crippen LogP contribution < -0.4 is 5.32 Å². The van der Waals surface area contributed by atoms with Crippen molar-refractivity contribution in [3.8, 4) is 0 Å². The maximum atomic E-state index is 11.9. The van der Waals surface area contributed by atoms with Crippen molar-refractivity contribution >= 4 is 20.4 Å². The average Bonchev–Trinajstić information content (AvgIpc) is 2.33. The third-order valence-corrected chi connectivity index (χ3v) is 10.3. The Morgan fingerprint density at radius 1 is 1.00 bits per heavy atom. The summed E-state index contributed by atoms with van der Waals surface area (Å²) in [5.74, 6) is -1.12. The first-order chi connectivity index (χ1) is 10.7. The second-order valence-corrected chi connectivity index (χ2v) is 13.6. The van der Waals surface area contributed by atoms with E-state index in [9.17, 15) is 14.7 Å². The first kappa shape index (κ1) is 22.9. The van der Waals surface area contributed by atoms with Crippen LogP contribution >= 0.6 is 0 Å². The number of carboxylic acid groups (broad SMARTS) is 1. The lowest BCUT2D eigenvalue weighted by Crippen LogP contribution is -2.53. The largest absolute Gasteiger partial charge is 0.480 e. The van der Waals surface area contributed by atoms with Gasteiger partial charge in [-0.3, -0.25) is 0 Å². The van der Waals surface area contributed by atoms with Gasteiger partial charge in [-0.2, -0.15) is 0 Å². The van der Waals surface area contributed by atoms with Crippen molar-refractivity contribution in [2.24, 2.45) is 0 Å². The second kappa shape index (κ2) is 8.85. The zero-order chi connectivity index (χ0) is 19.3. The van der Waals surface area contributed by atoms with Gasteiger partial charge in [-0.15, -0.1) is 0 Å². The van der Waals surface area contributed by atoms with Crippen molar-refractivity contribution in [3.05, 3.63) is 0 Å². The summed E-state index contributed by atoms with van der Waals surface area (Å²) in [6.45, 7) is 17.9. The first-order valence-electron chi connectivity index (χ1n) is 8.60. The molecule has 0 aliphatic carbocycles. The summed E-state index contributed by atoms with van der Waals surface area (Å²) in [4.78, 5) is 23.4. The fourth-order valence-corrected chi connectivity index (χ4v) is 8.81. The van der Waals surface area contributed by atoms with E-state index in [0.717, 1.165) is 0 Å². The van der Waals surface area contributed by atoms with Gasteiger partial charge in [0, 0.05) is 0 Å². The van der Waals surface area contributed by atoms with Gasteiger partial charge in [-0.05, 0) is 37.4 Å². The van der Waals surface area contributed by atoms with Gasteiger partial charge in [0.2, 0.25) is 0 Å². The van der Waals surface area contributed by atoms with Crippen LogP contribution in [0.15, 0.2) is 0 Å². The minimum Gasteiger partial charge on any atom is -0.480 e. The van der Waals surface area contributed by atoms with E-state index in [-0.39, 0.29) is 6.61 Å². The van der Waals surface area contributed by atoms with Gasteiger partial charge in [-0.25, -0.2) is 9.59 Å². The van der Waals surface area contributed by atoms with Crippen molar-refractivity contribution in [2.45, 2.75) is 90.6 Å². The van der Waals surface area contributed by atoms with E-state index >= 15 is 0 Å². The Bertz CT molecular complexity index is 407. The van der Waals surface area contributed by atoms with E-state index in [0.29, 0.717) is 16.6 Å². The number of rotatable bonds is 8. The van der Waals surface area contributed by atoms with Crippen LogP contribution in [-0.2, 0) is 14.0 Å². The summed E-state index contributed by atoms with van der Waals surface area (Å²) in [5.41, 5.74) is 0.343. The number of hydrogen-bond acceptors (Lipinski definition) is 4. The molecule has 0 aliphatic heterocycles. The molecule has 0 aromatic rings. The lowest BCUT2D eigenvalue weighted by Gasteiger charge is -2.42. The van der Waals surface area contributed by atoms with Crippen LogP contribution in [0.2, 0.25) is 16.6 Å². The molecule has 1 atom stereocenters. The van der Waals surface area contributed by atoms with Crippen molar-refractivity contribution < 1.29 is 23.9 Å². The van der Waals surface area contributed by atoms with Crippen molar-refractivity contribution in [1.82, 2.24) is 5.32 Å². The highest BCUT2D eigenvalue weighted by Gasteiger charge is 2.45. The molecule has 0 aromatic carbocycles. The molecule has 1 amide bonds. The van der Waals surface area contributed by atoms with Crippen LogP contribution in [0.25, 0.3) is 0 Å². The third kappa shape index (κ3) is 6.43. The summed E-state index contributed by atoms with van der Waals surface area (Å²) in [6, 6.07) is -1.12. The molecule has 2 N–H and O–H groups in total. The predicted octanol–water partition coefficient (Wildman–Crippen LogP) is 4.16. The van der Waals surface area contributed by atoms with Crippen molar-refractivity contribution in [2.75, 3.05) is 6.61 Å². The first-order valence-corrected chi connectivity index (χ1v) is 10.7. The average molecular weight is 362 g/mol. The molecule has 0 aliphatic rings. The summed E-state index contributed by atoms with van der Waals surface area (Å²) < 4.78 is 11.4. The minimum absolute atomic E-state index is 0.0463. The number of carboxylic acids is 1. The van der Waals surface area contributed by atoms with Crippen LogP contribution in [0.4, 0.5) is 4.79 Å². The van der Waals surface area contributed by atoms with E-state index in [1.54, 1.807) is 20.8 Å². The molecular weight excluding hydrogens is 326 g/mol. The molecule has 24 heavy (non-hydrogen) atoms. The zero-order valence-corrected chi connectivity index (χ0v) is 17.6. The monoisotopic (exact) mass is 361 g/mol. The quantitative estimate of drug-likeness (QED) is 0.634. The molecule has 0 bridgehead atoms. The summed E-state index contributed by atoms with van der Waals surface area (Å²) >= 11 is 0. The Balaban J connectivity index is 5.13. The van der Waals surface area contributed by atoms with E-state index in [4.69, 9.17) is 9.16 Å². The van der Waals surface area contributed by atoms with E-state index in [2.05, 4.69) is 46.9 Å². The van der Waals surface area contributed by atoms with Gasteiger partial charge in [0.1, 0.15) is 5.60 Å². The molecule has 0 radical (unpaired) electrons. The van der Waals surface area contributed by atoms with Gasteiger partial charge in [-0.1, -0.05) is 41.5 Å². The number of hydrogen-bond donors (Lipinski definition) is 2. The zero-order valence-electron chi connectivity index (χ0n) is 16.6. The van der Waals surface area contributed by atoms with Gasteiger partial charge in [0.15, 0.2) is 14.4 Å². The van der Waals surface area contributed by atoms with Gasteiger partial charge >= 0.3 is 12.1 Å². The topological polar surface area (TPSA) is 84.9 Å². The maximum absolute atomic E-state index is 11.9. The molecular formula is C17H35NO5Si. The second-order valence-electron chi connectivity index (χ2n) is 8.17. The molecule has 0 rings (SSSR count). The summed E-state index contributed by atoms with van der Waals surface area (Å²) in [5, 5.41) is 11.8. The highest BCUT2D eigenvalue weighted by molar-refractivity contribution is 6.77. The normalized spacial score (nSPS) is 14.2. The van der Waals surface area contributed by atoms with Crippen molar-refractivity contribution in [3.63, 3.8) is 0 Å². The molecule has 0 fully saturated rings. The Morgan fingerprint density at radius 3 is 1.71 bits per heavy atom. The molecule has 7 heteroatoms. The fourth-order valence-electron chi connectivity index (χ4n) is 3.35. The van der Waals surface area contributed by atoms with Crippen LogP contribution in [0, 0.1) is 0 Å². The lowest BCUT2D eigenvalue weighted by atomic mass is 10.2. The van der Waals surface area contributed by atoms with Crippen LogP contribution in [0.5, 0.6) is 0 Å². The predicted molar refractivity (Wildman–Crippen MR) is 97.8 cm³/mol. The highest BCUT2D eigenvalue weighted by atomic mass is 28.4. The third-order valence-electron chi connectivity index (χ3n) is 4.20. The minimum atomic E-state index is -2.19. The molecule has 0 saturated heterocycles. The molecule has 0 heterocycles. The Hall–Kier alpha value is -1.08. The van der Waals surface area contributed by atoms with Crippen molar-refractivity contribution in [1.29, 1.82) is 0 Å². The van der Waals surface area contributed by atoms with Crippen LogP contribution in [0.3, 0.4) is 0 Å². The molecule has 0 aromatic heterocycles. The number of amides is 1. The smallest absolute Gasteiger partial charge is 0.408 e. The van der Waals surface area contributed by atoms with Crippen LogP contribution in [-0.4, -0.2) is 43.7 Å². The molecule has 142 valence electrons. The number of carbonyl (C=O) groups excluding carboxylic acids is 1. The Kier molecular flexibility index (Phi) is 8.45. The molecule has 1 unspecified atom stereocenters. The Labute approximate surface area is 147 Å². The highest BCUT2D eigenvalue weighted by Crippen LogP contribution is 2.42. The number of alkyl carbamates (subject to hydrolysis) is 1. The number of carbonyl (C=O) groups is 2. The Morgan fingerprint density at radius 2 is 1.42 bits per heavy atom. The van der Waals surface area contributed by atoms with Gasteiger partial charge in [0.05, 0.1) is 6.61 Å². The molecule has 0 spiro atoms. The fraction of sp³-hybridized carbons (Fsp3) is 0.882. The number of ether oxygens (including phenoxy) is 1. The SMILES string of the molecule is CC(C)[Si](OCC(NC(=O)OC(C)(C)C)C(=O)O)(C(C)C)C(C)C. The molecule has 6 nitrogen and oxygen atoms in total.